The maximum atomic E-state index is 12.2. The maximum Gasteiger partial charge on any atom is 0.321 e. The molecule has 1 rings (SSSR count). The fourth-order valence-electron chi connectivity index (χ4n) is 2.17. The number of hydrogen-bond donors (Lipinski definition) is 2. The van der Waals surface area contributed by atoms with Crippen molar-refractivity contribution >= 4 is 26.2 Å². The Morgan fingerprint density at radius 2 is 1.55 bits per heavy atom. The van der Waals surface area contributed by atoms with Crippen LogP contribution in [0.4, 0.5) is 0 Å². The van der Waals surface area contributed by atoms with Gasteiger partial charge in [0.2, 0.25) is 10.0 Å². The molecule has 0 saturated carbocycles. The minimum absolute atomic E-state index is 0.00355. The zero-order chi connectivity index (χ0) is 17.1. The summed E-state index contributed by atoms with van der Waals surface area (Å²) in [6.07, 6.45) is 1.25. The van der Waals surface area contributed by atoms with Gasteiger partial charge in [-0.15, -0.1) is 0 Å². The summed E-state index contributed by atoms with van der Waals surface area (Å²) < 4.78 is 51.7. The van der Waals surface area contributed by atoms with Crippen LogP contribution >= 0.6 is 0 Å². The molecule has 0 spiro atoms. The highest BCUT2D eigenvalue weighted by molar-refractivity contribution is 7.88. The van der Waals surface area contributed by atoms with Crippen LogP contribution in [0.3, 0.4) is 0 Å². The molecule has 0 aliphatic carbocycles. The third-order valence-corrected chi connectivity index (χ3v) is 6.23. The number of carbonyl (C=O) groups is 1. The van der Waals surface area contributed by atoms with E-state index < -0.39 is 32.2 Å². The number of nitrogens with one attached hydrogen (secondary N) is 1. The molecule has 11 heteroatoms. The van der Waals surface area contributed by atoms with Crippen LogP contribution in [0.5, 0.6) is 0 Å². The first-order chi connectivity index (χ1) is 9.93. The van der Waals surface area contributed by atoms with Gasteiger partial charge in [-0.05, 0) is 12.3 Å². The average molecular weight is 357 g/mol. The van der Waals surface area contributed by atoms with Gasteiger partial charge in [-0.2, -0.15) is 21.8 Å². The molecule has 1 heterocycles. The van der Waals surface area contributed by atoms with Crippen molar-refractivity contribution < 1.29 is 26.7 Å². The van der Waals surface area contributed by atoms with E-state index in [1.165, 1.54) is 4.31 Å². The fraction of sp³-hybridized carbons (Fsp3) is 0.909. The van der Waals surface area contributed by atoms with Crippen LogP contribution in [0.15, 0.2) is 0 Å². The summed E-state index contributed by atoms with van der Waals surface area (Å²) in [5, 5.41) is 9.10. The average Bonchev–Trinajstić information content (AvgIpc) is 2.36. The second-order valence-electron chi connectivity index (χ2n) is 5.70. The van der Waals surface area contributed by atoms with E-state index in [0.717, 1.165) is 10.6 Å². The Bertz CT molecular complexity index is 593. The summed E-state index contributed by atoms with van der Waals surface area (Å²) in [7, 11) is -7.31. The van der Waals surface area contributed by atoms with Crippen molar-refractivity contribution in [2.45, 2.75) is 26.3 Å². The molecule has 0 bridgehead atoms. The number of piperazine rings is 1. The fourth-order valence-corrected chi connectivity index (χ4v) is 4.34. The van der Waals surface area contributed by atoms with Crippen molar-refractivity contribution in [3.63, 3.8) is 0 Å². The summed E-state index contributed by atoms with van der Waals surface area (Å²) in [5.74, 6) is -1.21. The van der Waals surface area contributed by atoms with Crippen molar-refractivity contribution in [3.8, 4) is 0 Å². The summed E-state index contributed by atoms with van der Waals surface area (Å²) in [6.45, 7) is 3.71. The highest BCUT2D eigenvalue weighted by atomic mass is 32.2. The summed E-state index contributed by atoms with van der Waals surface area (Å²) in [4.78, 5) is 11.1. The van der Waals surface area contributed by atoms with Crippen LogP contribution in [0.1, 0.15) is 20.3 Å². The number of sulfonamides is 1. The van der Waals surface area contributed by atoms with Gasteiger partial charge in [-0.1, -0.05) is 13.8 Å². The molecule has 2 N–H and O–H groups in total. The molecule has 1 aliphatic heterocycles. The van der Waals surface area contributed by atoms with Crippen molar-refractivity contribution in [2.24, 2.45) is 5.92 Å². The van der Waals surface area contributed by atoms with Gasteiger partial charge in [0, 0.05) is 26.2 Å². The predicted octanol–water partition coefficient (Wildman–Crippen LogP) is -1.10. The number of rotatable bonds is 7. The smallest absolute Gasteiger partial charge is 0.321 e. The Morgan fingerprint density at radius 1 is 1.09 bits per heavy atom. The van der Waals surface area contributed by atoms with Crippen LogP contribution in [-0.2, 0) is 25.0 Å². The lowest BCUT2D eigenvalue weighted by molar-refractivity contribution is -0.139. The molecule has 0 aromatic carbocycles. The molecule has 22 heavy (non-hydrogen) atoms. The van der Waals surface area contributed by atoms with E-state index in [4.69, 9.17) is 5.11 Å². The van der Waals surface area contributed by atoms with E-state index in [9.17, 15) is 21.6 Å². The normalized spacial score (nSPS) is 20.2. The van der Waals surface area contributed by atoms with Gasteiger partial charge in [0.05, 0.1) is 6.26 Å². The van der Waals surface area contributed by atoms with Gasteiger partial charge in [0.25, 0.3) is 10.2 Å². The van der Waals surface area contributed by atoms with Gasteiger partial charge >= 0.3 is 5.97 Å². The van der Waals surface area contributed by atoms with Gasteiger partial charge in [-0.3, -0.25) is 4.79 Å². The molecular weight excluding hydrogens is 334 g/mol. The molecule has 1 fully saturated rings. The first kappa shape index (κ1) is 19.3. The summed E-state index contributed by atoms with van der Waals surface area (Å²) in [5.41, 5.74) is 0. The lowest BCUT2D eigenvalue weighted by Crippen LogP contribution is -2.55. The molecule has 1 saturated heterocycles. The SMILES string of the molecule is CC(C)CC(NS(=O)(=O)N1CCN(S(C)(=O)=O)CC1)C(=O)O. The van der Waals surface area contributed by atoms with E-state index in [1.807, 2.05) is 0 Å². The third-order valence-electron chi connectivity index (χ3n) is 3.30. The summed E-state index contributed by atoms with van der Waals surface area (Å²) in [6, 6.07) is -1.20. The number of carboxylic acid groups (broad SMARTS) is 1. The van der Waals surface area contributed by atoms with Crippen molar-refractivity contribution in [3.05, 3.63) is 0 Å². The minimum atomic E-state index is -3.96. The largest absolute Gasteiger partial charge is 0.480 e. The van der Waals surface area contributed by atoms with E-state index in [-0.39, 0.29) is 38.5 Å². The van der Waals surface area contributed by atoms with Crippen molar-refractivity contribution in [1.82, 2.24) is 13.3 Å². The molecule has 1 atom stereocenters. The number of aliphatic carboxylic acids is 1. The molecule has 0 aromatic heterocycles. The van der Waals surface area contributed by atoms with Gasteiger partial charge in [-0.25, -0.2) is 8.42 Å². The van der Waals surface area contributed by atoms with E-state index in [0.29, 0.717) is 0 Å². The first-order valence-electron chi connectivity index (χ1n) is 6.89. The molecule has 1 aliphatic rings. The molecule has 1 unspecified atom stereocenters. The van der Waals surface area contributed by atoms with Crippen LogP contribution in [-0.4, -0.2) is 75.0 Å². The van der Waals surface area contributed by atoms with E-state index in [2.05, 4.69) is 4.72 Å². The van der Waals surface area contributed by atoms with Crippen molar-refractivity contribution in [1.29, 1.82) is 0 Å². The van der Waals surface area contributed by atoms with Crippen LogP contribution in [0, 0.1) is 5.92 Å². The number of hydrogen-bond acceptors (Lipinski definition) is 5. The van der Waals surface area contributed by atoms with Crippen LogP contribution < -0.4 is 4.72 Å². The number of nitrogens with zero attached hydrogens (tertiary/aromatic N) is 2. The van der Waals surface area contributed by atoms with Crippen LogP contribution in [0.25, 0.3) is 0 Å². The molecule has 0 amide bonds. The second kappa shape index (κ2) is 7.21. The Balaban J connectivity index is 2.73. The maximum absolute atomic E-state index is 12.2. The quantitative estimate of drug-likeness (QED) is 0.596. The Labute approximate surface area is 131 Å². The Hall–Kier alpha value is -0.750. The summed E-state index contributed by atoms with van der Waals surface area (Å²) >= 11 is 0. The van der Waals surface area contributed by atoms with Crippen molar-refractivity contribution in [2.75, 3.05) is 32.4 Å². The second-order valence-corrected chi connectivity index (χ2v) is 9.39. The lowest BCUT2D eigenvalue weighted by Gasteiger charge is -2.33. The highest BCUT2D eigenvalue weighted by Crippen LogP contribution is 2.12. The Kier molecular flexibility index (Phi) is 6.33. The molecule has 9 nitrogen and oxygen atoms in total. The van der Waals surface area contributed by atoms with E-state index in [1.54, 1.807) is 13.8 Å². The molecule has 0 aromatic rings. The zero-order valence-electron chi connectivity index (χ0n) is 12.9. The lowest BCUT2D eigenvalue weighted by atomic mass is 10.1. The van der Waals surface area contributed by atoms with Crippen LogP contribution in [0.2, 0.25) is 0 Å². The first-order valence-corrected chi connectivity index (χ1v) is 10.2. The standard InChI is InChI=1S/C11H23N3O6S2/c1-9(2)8-10(11(15)16)12-22(19,20)14-6-4-13(5-7-14)21(3,17)18/h9-10,12H,4-8H2,1-3H3,(H,15,16). The van der Waals surface area contributed by atoms with E-state index >= 15 is 0 Å². The third kappa shape index (κ3) is 5.47. The number of carboxylic acids is 1. The topological polar surface area (TPSA) is 124 Å². The molecular formula is C11H23N3O6S2. The van der Waals surface area contributed by atoms with Gasteiger partial charge in [0.15, 0.2) is 0 Å². The highest BCUT2D eigenvalue weighted by Gasteiger charge is 2.33. The Morgan fingerprint density at radius 3 is 1.91 bits per heavy atom. The minimum Gasteiger partial charge on any atom is -0.480 e. The van der Waals surface area contributed by atoms with Gasteiger partial charge in [0.1, 0.15) is 6.04 Å². The monoisotopic (exact) mass is 357 g/mol. The van der Waals surface area contributed by atoms with Gasteiger partial charge < -0.3 is 5.11 Å². The predicted molar refractivity (Wildman–Crippen MR) is 80.9 cm³/mol. The zero-order valence-corrected chi connectivity index (χ0v) is 14.5. The molecule has 130 valence electrons. The molecule has 0 radical (unpaired) electrons.